The van der Waals surface area contributed by atoms with Crippen LogP contribution < -0.4 is 10.6 Å². The zero-order chi connectivity index (χ0) is 12.1. The van der Waals surface area contributed by atoms with Gasteiger partial charge in [0.15, 0.2) is 0 Å². The normalized spacial score (nSPS) is 26.4. The number of hydrogen-bond donors (Lipinski definition) is 2. The lowest BCUT2D eigenvalue weighted by Crippen LogP contribution is -2.48. The van der Waals surface area contributed by atoms with Crippen LogP contribution in [0.2, 0.25) is 0 Å². The second-order valence-electron chi connectivity index (χ2n) is 4.87. The van der Waals surface area contributed by atoms with Gasteiger partial charge in [0.25, 0.3) is 0 Å². The van der Waals surface area contributed by atoms with Crippen LogP contribution in [0.25, 0.3) is 0 Å². The van der Waals surface area contributed by atoms with Crippen LogP contribution in [0.1, 0.15) is 25.7 Å². The van der Waals surface area contributed by atoms with E-state index < -0.39 is 0 Å². The molecule has 0 radical (unpaired) electrons. The predicted molar refractivity (Wildman–Crippen MR) is 77.6 cm³/mol. The van der Waals surface area contributed by atoms with Gasteiger partial charge < -0.3 is 15.4 Å². The highest BCUT2D eigenvalue weighted by atomic mass is 35.5. The fraction of sp³-hybridized carbons (Fsp3) is 0.917. The first-order chi connectivity index (χ1) is 8.26. The van der Waals surface area contributed by atoms with Gasteiger partial charge in [-0.2, -0.15) is 11.8 Å². The van der Waals surface area contributed by atoms with Crippen LogP contribution in [-0.2, 0) is 9.53 Å². The second-order valence-corrected chi connectivity index (χ2v) is 6.14. The van der Waals surface area contributed by atoms with E-state index in [1.165, 1.54) is 0 Å². The summed E-state index contributed by atoms with van der Waals surface area (Å²) < 4.78 is 5.58. The van der Waals surface area contributed by atoms with E-state index >= 15 is 0 Å². The van der Waals surface area contributed by atoms with Crippen molar-refractivity contribution in [3.8, 4) is 0 Å². The first kappa shape index (κ1) is 16.1. The van der Waals surface area contributed by atoms with Crippen LogP contribution >= 0.6 is 24.2 Å². The average molecular weight is 295 g/mol. The molecule has 4 nitrogen and oxygen atoms in total. The summed E-state index contributed by atoms with van der Waals surface area (Å²) in [6, 6.07) is 0.0359. The zero-order valence-electron chi connectivity index (χ0n) is 10.9. The summed E-state index contributed by atoms with van der Waals surface area (Å²) in [4.78, 5) is 11.9. The summed E-state index contributed by atoms with van der Waals surface area (Å²) in [5, 5.41) is 6.34. The molecule has 106 valence electrons. The Labute approximate surface area is 119 Å². The molecule has 0 bridgehead atoms. The smallest absolute Gasteiger partial charge is 0.237 e. The maximum atomic E-state index is 11.9. The maximum absolute atomic E-state index is 11.9. The molecule has 2 heterocycles. The average Bonchev–Trinajstić information content (AvgIpc) is 2.91. The Morgan fingerprint density at radius 3 is 2.78 bits per heavy atom. The van der Waals surface area contributed by atoms with Gasteiger partial charge in [0.1, 0.15) is 0 Å². The van der Waals surface area contributed by atoms with E-state index in [-0.39, 0.29) is 29.1 Å². The van der Waals surface area contributed by atoms with Crippen molar-refractivity contribution in [1.29, 1.82) is 0 Å². The summed E-state index contributed by atoms with van der Waals surface area (Å²) in [6.07, 6.45) is 6.28. The Morgan fingerprint density at radius 2 is 2.22 bits per heavy atom. The molecule has 2 rings (SSSR count). The van der Waals surface area contributed by atoms with E-state index in [1.807, 2.05) is 11.8 Å². The van der Waals surface area contributed by atoms with Crippen molar-refractivity contribution < 1.29 is 9.53 Å². The summed E-state index contributed by atoms with van der Waals surface area (Å²) in [5.74, 6) is 0.169. The van der Waals surface area contributed by atoms with Crippen LogP contribution in [0, 0.1) is 0 Å². The molecule has 1 unspecified atom stereocenters. The van der Waals surface area contributed by atoms with Gasteiger partial charge in [0.2, 0.25) is 5.91 Å². The molecule has 2 fully saturated rings. The molecule has 1 amide bonds. The molecule has 2 aliphatic heterocycles. The van der Waals surface area contributed by atoms with Crippen molar-refractivity contribution in [3.63, 3.8) is 0 Å². The first-order valence-corrected chi connectivity index (χ1v) is 7.62. The second kappa shape index (κ2) is 7.58. The van der Waals surface area contributed by atoms with Crippen molar-refractivity contribution >= 4 is 30.1 Å². The molecule has 0 spiro atoms. The van der Waals surface area contributed by atoms with Crippen molar-refractivity contribution in [3.05, 3.63) is 0 Å². The largest absolute Gasteiger partial charge is 0.381 e. The molecule has 0 saturated carbocycles. The number of nitrogens with one attached hydrogen (secondary N) is 2. The van der Waals surface area contributed by atoms with Gasteiger partial charge in [-0.25, -0.2) is 0 Å². The minimum absolute atomic E-state index is 0. The number of thioether (sulfide) groups is 1. The third kappa shape index (κ3) is 4.02. The van der Waals surface area contributed by atoms with E-state index in [4.69, 9.17) is 4.74 Å². The highest BCUT2D eigenvalue weighted by molar-refractivity contribution is 8.00. The molecule has 0 aliphatic carbocycles. The lowest BCUT2D eigenvalue weighted by Gasteiger charge is -2.36. The standard InChI is InChI=1S/C12H22N2O2S.ClH/c1-17-12(4-7-16-8-5-12)9-14-11(15)10-3-2-6-13-10;/h10,13H,2-9H2,1H3,(H,14,15);1H. The molecule has 1 atom stereocenters. The summed E-state index contributed by atoms with van der Waals surface area (Å²) in [5.41, 5.74) is 0. The lowest BCUT2D eigenvalue weighted by molar-refractivity contribution is -0.123. The lowest BCUT2D eigenvalue weighted by atomic mass is 9.99. The molecule has 18 heavy (non-hydrogen) atoms. The van der Waals surface area contributed by atoms with Gasteiger partial charge >= 0.3 is 0 Å². The molecule has 0 aromatic heterocycles. The van der Waals surface area contributed by atoms with Gasteiger partial charge in [-0.3, -0.25) is 4.79 Å². The van der Waals surface area contributed by atoms with Crippen molar-refractivity contribution in [2.75, 3.05) is 32.6 Å². The Kier molecular flexibility index (Phi) is 6.77. The van der Waals surface area contributed by atoms with E-state index in [0.29, 0.717) is 0 Å². The molecule has 2 saturated heterocycles. The fourth-order valence-electron chi connectivity index (χ4n) is 2.48. The molecular weight excluding hydrogens is 272 g/mol. The van der Waals surface area contributed by atoms with E-state index in [2.05, 4.69) is 16.9 Å². The topological polar surface area (TPSA) is 50.4 Å². The van der Waals surface area contributed by atoms with Gasteiger partial charge in [-0.15, -0.1) is 12.4 Å². The molecule has 0 aromatic rings. The number of ether oxygens (including phenoxy) is 1. The highest BCUT2D eigenvalue weighted by Gasteiger charge is 2.33. The summed E-state index contributed by atoms with van der Waals surface area (Å²) >= 11 is 1.86. The fourth-order valence-corrected chi connectivity index (χ4v) is 3.27. The minimum Gasteiger partial charge on any atom is -0.381 e. The van der Waals surface area contributed by atoms with Crippen molar-refractivity contribution in [2.45, 2.75) is 36.5 Å². The number of rotatable bonds is 4. The van der Waals surface area contributed by atoms with Gasteiger partial charge in [0.05, 0.1) is 6.04 Å². The van der Waals surface area contributed by atoms with Crippen LogP contribution in [-0.4, -0.2) is 49.3 Å². The Balaban J connectivity index is 0.00000162. The van der Waals surface area contributed by atoms with Crippen LogP contribution in [0.15, 0.2) is 0 Å². The summed E-state index contributed by atoms with van der Waals surface area (Å²) in [6.45, 7) is 3.38. The Morgan fingerprint density at radius 1 is 1.50 bits per heavy atom. The van der Waals surface area contributed by atoms with Gasteiger partial charge in [-0.1, -0.05) is 0 Å². The Hall–Kier alpha value is 0.0300. The zero-order valence-corrected chi connectivity index (χ0v) is 12.5. The van der Waals surface area contributed by atoms with Crippen molar-refractivity contribution in [1.82, 2.24) is 10.6 Å². The monoisotopic (exact) mass is 294 g/mol. The minimum atomic E-state index is 0. The third-order valence-electron chi connectivity index (χ3n) is 3.80. The van der Waals surface area contributed by atoms with Crippen LogP contribution in [0.5, 0.6) is 0 Å². The van der Waals surface area contributed by atoms with Gasteiger partial charge in [-0.05, 0) is 38.5 Å². The SMILES string of the molecule is CSC1(CNC(=O)C2CCCN2)CCOCC1.Cl. The van der Waals surface area contributed by atoms with Crippen LogP contribution in [0.4, 0.5) is 0 Å². The number of halogens is 1. The first-order valence-electron chi connectivity index (χ1n) is 6.40. The van der Waals surface area contributed by atoms with E-state index in [1.54, 1.807) is 0 Å². The predicted octanol–water partition coefficient (Wildman–Crippen LogP) is 1.19. The molecule has 2 aliphatic rings. The molecular formula is C12H23ClN2O2S. The van der Waals surface area contributed by atoms with E-state index in [0.717, 1.165) is 52.0 Å². The number of hydrogen-bond acceptors (Lipinski definition) is 4. The maximum Gasteiger partial charge on any atom is 0.237 e. The third-order valence-corrected chi connectivity index (χ3v) is 5.22. The Bertz CT molecular complexity index is 267. The quantitative estimate of drug-likeness (QED) is 0.818. The number of carbonyl (C=O) groups excluding carboxylic acids is 1. The number of amides is 1. The van der Waals surface area contributed by atoms with E-state index in [9.17, 15) is 4.79 Å². The van der Waals surface area contributed by atoms with Gasteiger partial charge in [0, 0.05) is 24.5 Å². The molecule has 6 heteroatoms. The highest BCUT2D eigenvalue weighted by Crippen LogP contribution is 2.33. The van der Waals surface area contributed by atoms with Crippen LogP contribution in [0.3, 0.4) is 0 Å². The van der Waals surface area contributed by atoms with Crippen molar-refractivity contribution in [2.24, 2.45) is 0 Å². The molecule has 0 aromatic carbocycles. The number of carbonyl (C=O) groups is 1. The molecule has 2 N–H and O–H groups in total. The summed E-state index contributed by atoms with van der Waals surface area (Å²) in [7, 11) is 0.